The van der Waals surface area contributed by atoms with Crippen molar-refractivity contribution in [2.75, 3.05) is 26.4 Å². The summed E-state index contributed by atoms with van der Waals surface area (Å²) in [5.74, 6) is -6.13. The van der Waals surface area contributed by atoms with E-state index in [1.807, 2.05) is 6.08 Å². The van der Waals surface area contributed by atoms with Gasteiger partial charge in [0.2, 0.25) is 11.8 Å². The van der Waals surface area contributed by atoms with Crippen molar-refractivity contribution < 1.29 is 104 Å². The molecular weight excluding hydrogens is 1200 g/mol. The molecule has 18 atom stereocenters. The van der Waals surface area contributed by atoms with Crippen molar-refractivity contribution in [3.8, 4) is 0 Å². The molecule has 3 fully saturated rings. The number of unbranched alkanes of at least 4 members (excludes halogenated alkanes) is 36. The summed E-state index contributed by atoms with van der Waals surface area (Å²) in [4.78, 5) is 38.5. The number of carbonyl (C=O) groups is 3. The number of hydrogen-bond acceptors (Lipinski definition) is 20. The smallest absolute Gasteiger partial charge is 0.364 e. The van der Waals surface area contributed by atoms with Crippen LogP contribution in [-0.4, -0.2) is 215 Å². The second-order valence-electron chi connectivity index (χ2n) is 26.8. The molecule has 546 valence electrons. The number of nitrogens with one attached hydrogen (secondary N) is 2. The van der Waals surface area contributed by atoms with Crippen molar-refractivity contribution in [1.29, 1.82) is 0 Å². The van der Waals surface area contributed by atoms with Crippen molar-refractivity contribution in [1.82, 2.24) is 10.6 Å². The molecule has 0 bridgehead atoms. The first kappa shape index (κ1) is 84.7. The first-order chi connectivity index (χ1) is 44.9. The second-order valence-corrected chi connectivity index (χ2v) is 26.8. The normalized spacial score (nSPS) is 28.1. The first-order valence-electron chi connectivity index (χ1n) is 36.6. The van der Waals surface area contributed by atoms with Gasteiger partial charge in [-0.25, -0.2) is 4.79 Å². The molecule has 0 aromatic heterocycles. The van der Waals surface area contributed by atoms with Crippen LogP contribution in [0.1, 0.15) is 278 Å². The van der Waals surface area contributed by atoms with E-state index in [1.165, 1.54) is 186 Å². The van der Waals surface area contributed by atoms with Gasteiger partial charge in [0.05, 0.1) is 50.7 Å². The summed E-state index contributed by atoms with van der Waals surface area (Å²) in [5, 5.41) is 136. The van der Waals surface area contributed by atoms with Crippen LogP contribution in [0.4, 0.5) is 0 Å². The summed E-state index contributed by atoms with van der Waals surface area (Å²) in [6.07, 6.45) is 21.3. The molecule has 0 saturated carbocycles. The highest BCUT2D eigenvalue weighted by Crippen LogP contribution is 2.39. The molecule has 93 heavy (non-hydrogen) atoms. The van der Waals surface area contributed by atoms with E-state index in [4.69, 9.17) is 28.4 Å². The largest absolute Gasteiger partial charge is 0.477 e. The van der Waals surface area contributed by atoms with E-state index in [0.29, 0.717) is 12.8 Å². The third-order valence-electron chi connectivity index (χ3n) is 18.7. The average molecular weight is 1340 g/mol. The molecule has 18 unspecified atom stereocenters. The summed E-state index contributed by atoms with van der Waals surface area (Å²) in [6, 6.07) is -2.61. The summed E-state index contributed by atoms with van der Waals surface area (Å²) >= 11 is 0. The number of rotatable bonds is 56. The van der Waals surface area contributed by atoms with Crippen molar-refractivity contribution in [3.63, 3.8) is 0 Å². The van der Waals surface area contributed by atoms with Crippen LogP contribution in [0, 0.1) is 0 Å². The lowest BCUT2D eigenvalue weighted by Gasteiger charge is -2.50. The highest BCUT2D eigenvalue weighted by atomic mass is 16.8. The number of ether oxygens (including phenoxy) is 6. The predicted molar refractivity (Wildman–Crippen MR) is 352 cm³/mol. The maximum Gasteiger partial charge on any atom is 0.364 e. The van der Waals surface area contributed by atoms with Gasteiger partial charge in [-0.05, 0) is 19.3 Å². The van der Waals surface area contributed by atoms with Crippen LogP contribution >= 0.6 is 0 Å². The Hall–Kier alpha value is -2.53. The molecule has 23 nitrogen and oxygen atoms in total. The van der Waals surface area contributed by atoms with Gasteiger partial charge in [-0.1, -0.05) is 251 Å². The summed E-state index contributed by atoms with van der Waals surface area (Å²) in [5.41, 5.74) is 0. The molecule has 3 heterocycles. The van der Waals surface area contributed by atoms with Crippen LogP contribution in [0.15, 0.2) is 12.2 Å². The Labute approximate surface area is 556 Å². The molecule has 0 spiro atoms. The van der Waals surface area contributed by atoms with Crippen LogP contribution in [0.3, 0.4) is 0 Å². The molecule has 0 aromatic rings. The van der Waals surface area contributed by atoms with Crippen LogP contribution < -0.4 is 10.6 Å². The highest BCUT2D eigenvalue weighted by Gasteiger charge is 2.60. The van der Waals surface area contributed by atoms with Gasteiger partial charge in [0.1, 0.15) is 67.1 Å². The molecule has 3 aliphatic heterocycles. The number of amides is 2. The monoisotopic (exact) mass is 1330 g/mol. The van der Waals surface area contributed by atoms with Gasteiger partial charge in [-0.2, -0.15) is 0 Å². The first-order valence-corrected chi connectivity index (χ1v) is 36.6. The Morgan fingerprint density at radius 2 is 1.00 bits per heavy atom. The van der Waals surface area contributed by atoms with Crippen LogP contribution in [0.5, 0.6) is 0 Å². The lowest BCUT2D eigenvalue weighted by atomic mass is 9.88. The number of carboxylic acids is 1. The molecule has 14 N–H and O–H groups in total. The Kier molecular flexibility index (Phi) is 46.2. The fraction of sp³-hybridized carbons (Fsp3) is 0.929. The molecular formula is C70H130N2O21. The van der Waals surface area contributed by atoms with Crippen LogP contribution in [-0.2, 0) is 42.8 Å². The van der Waals surface area contributed by atoms with E-state index in [1.54, 1.807) is 6.08 Å². The van der Waals surface area contributed by atoms with E-state index in [9.17, 15) is 75.7 Å². The van der Waals surface area contributed by atoms with E-state index < -0.39 is 155 Å². The number of carbonyl (C=O) groups excluding carboxylic acids is 2. The maximum atomic E-state index is 13.5. The van der Waals surface area contributed by atoms with Crippen molar-refractivity contribution in [3.05, 3.63) is 12.2 Å². The van der Waals surface area contributed by atoms with Crippen LogP contribution in [0.2, 0.25) is 0 Å². The zero-order valence-electron chi connectivity index (χ0n) is 57.1. The summed E-state index contributed by atoms with van der Waals surface area (Å²) in [6.45, 7) is 2.14. The summed E-state index contributed by atoms with van der Waals surface area (Å²) < 4.78 is 34.8. The fourth-order valence-electron chi connectivity index (χ4n) is 12.9. The standard InChI is InChI=1S/C70H130N2O21/c1-4-6-8-10-12-14-16-18-19-20-21-22-23-24-25-26-27-28-29-30-31-32-34-36-38-40-42-44-57(80)72-51(52(77)43-41-39-37-35-33-17-15-13-11-9-7-5-2)49-88-67-62(84)61(83)64(56(48-75)90-67)91-68-63(85)66(60(82)55(47-74)89-68)93-70(69(86)87)45-53(78)58(71-50(3)76)65(92-70)59(81)54(79)46-73/h41,43,51-56,58-68,73-75,77-79,81-85H,4-40,42,44-49H2,1-3H3,(H,71,76)(H,72,80)(H,86,87)/b43-41+. The topological polar surface area (TPSA) is 373 Å². The molecule has 0 aliphatic carbocycles. The molecule has 3 aliphatic rings. The van der Waals surface area contributed by atoms with Gasteiger partial charge in [0.15, 0.2) is 12.6 Å². The lowest BCUT2D eigenvalue weighted by molar-refractivity contribution is -0.386. The molecule has 3 rings (SSSR count). The average Bonchev–Trinajstić information content (AvgIpc) is 0.787. The number of aliphatic carboxylic acids is 1. The van der Waals surface area contributed by atoms with E-state index in [-0.39, 0.29) is 12.3 Å². The Morgan fingerprint density at radius 3 is 1.43 bits per heavy atom. The minimum atomic E-state index is -3.08. The number of aliphatic hydroxyl groups excluding tert-OH is 11. The van der Waals surface area contributed by atoms with Gasteiger partial charge < -0.3 is 100 Å². The van der Waals surface area contributed by atoms with Crippen molar-refractivity contribution in [2.45, 2.75) is 387 Å². The molecule has 2 amide bonds. The van der Waals surface area contributed by atoms with Crippen molar-refractivity contribution >= 4 is 17.8 Å². The zero-order chi connectivity index (χ0) is 68.2. The molecule has 3 saturated heterocycles. The van der Waals surface area contributed by atoms with Gasteiger partial charge in [0, 0.05) is 19.8 Å². The maximum absolute atomic E-state index is 13.5. The number of allylic oxidation sites excluding steroid dienone is 1. The third-order valence-corrected chi connectivity index (χ3v) is 18.7. The van der Waals surface area contributed by atoms with E-state index in [2.05, 4.69) is 24.5 Å². The Balaban J connectivity index is 1.51. The van der Waals surface area contributed by atoms with Gasteiger partial charge in [0.25, 0.3) is 5.79 Å². The van der Waals surface area contributed by atoms with Gasteiger partial charge >= 0.3 is 5.97 Å². The Morgan fingerprint density at radius 1 is 0.559 bits per heavy atom. The lowest BCUT2D eigenvalue weighted by Crippen LogP contribution is -2.70. The van der Waals surface area contributed by atoms with Gasteiger partial charge in [-0.3, -0.25) is 9.59 Å². The van der Waals surface area contributed by atoms with Crippen molar-refractivity contribution in [2.24, 2.45) is 0 Å². The third kappa shape index (κ3) is 32.8. The van der Waals surface area contributed by atoms with E-state index in [0.717, 1.165) is 51.9 Å². The summed E-state index contributed by atoms with van der Waals surface area (Å²) in [7, 11) is 0. The Bertz CT molecular complexity index is 1930. The SMILES string of the molecule is CCCCCCCCCCCC/C=C/C(O)C(COC1OC(CO)C(OC2OC(CO)C(O)C(OC3(C(=O)O)CC(O)C(NC(C)=O)C(C(O)C(O)CO)O3)C2O)C(O)C1O)NC(=O)CCCCCCCCCCCCCCCCCCCCCCCCCCCCC. The number of carboxylic acid groups (broad SMARTS) is 1. The van der Waals surface area contributed by atoms with Crippen LogP contribution in [0.25, 0.3) is 0 Å². The number of aliphatic hydroxyl groups is 11. The van der Waals surface area contributed by atoms with E-state index >= 15 is 0 Å². The predicted octanol–water partition coefficient (Wildman–Crippen LogP) is 7.46. The zero-order valence-corrected chi connectivity index (χ0v) is 57.1. The number of hydrogen-bond donors (Lipinski definition) is 14. The highest BCUT2D eigenvalue weighted by molar-refractivity contribution is 5.77. The molecule has 0 aromatic carbocycles. The molecule has 23 heteroatoms. The second kappa shape index (κ2) is 50.7. The minimum Gasteiger partial charge on any atom is -0.477 e. The van der Waals surface area contributed by atoms with Gasteiger partial charge in [-0.15, -0.1) is 0 Å². The molecule has 0 radical (unpaired) electrons. The minimum absolute atomic E-state index is 0.205. The quantitative estimate of drug-likeness (QED) is 0.0207. The fourth-order valence-corrected chi connectivity index (χ4v) is 12.9.